The summed E-state index contributed by atoms with van der Waals surface area (Å²) in [7, 11) is 2.05. The number of anilines is 1. The van der Waals surface area contributed by atoms with E-state index in [1.807, 2.05) is 19.2 Å². The molecule has 82 valence electrons. The van der Waals surface area contributed by atoms with Crippen LogP contribution in [0, 0.1) is 0 Å². The van der Waals surface area contributed by atoms with Crippen LogP contribution in [0.1, 0.15) is 16.1 Å². The van der Waals surface area contributed by atoms with Gasteiger partial charge in [0.2, 0.25) is 0 Å². The van der Waals surface area contributed by atoms with Crippen LogP contribution in [0.5, 0.6) is 0 Å². The summed E-state index contributed by atoms with van der Waals surface area (Å²) in [5.41, 5.74) is 3.05. The number of rotatable bonds is 1. The minimum Gasteiger partial charge on any atom is -0.452 e. The molecule has 0 fully saturated rings. The van der Waals surface area contributed by atoms with Gasteiger partial charge in [0.15, 0.2) is 12.0 Å². The molecule has 0 saturated carbocycles. The lowest BCUT2D eigenvalue weighted by Crippen LogP contribution is -2.12. The van der Waals surface area contributed by atoms with Crippen molar-refractivity contribution in [3.05, 3.63) is 28.5 Å². The maximum atomic E-state index is 10.8. The van der Waals surface area contributed by atoms with Gasteiger partial charge in [-0.15, -0.1) is 0 Å². The van der Waals surface area contributed by atoms with E-state index >= 15 is 0 Å². The number of likely N-dealkylation sites (N-methyl/N-ethyl adjacent to an activating group) is 1. The summed E-state index contributed by atoms with van der Waals surface area (Å²) in [5.74, 6) is 0.222. The van der Waals surface area contributed by atoms with E-state index in [0.29, 0.717) is 16.9 Å². The zero-order valence-electron chi connectivity index (χ0n) is 8.79. The summed E-state index contributed by atoms with van der Waals surface area (Å²) in [6, 6.07) is 3.88. The van der Waals surface area contributed by atoms with Gasteiger partial charge < -0.3 is 9.32 Å². The second-order valence-electron chi connectivity index (χ2n) is 4.01. The fourth-order valence-electron chi connectivity index (χ4n) is 2.31. The summed E-state index contributed by atoms with van der Waals surface area (Å²) < 4.78 is 5.39. The number of carbonyl (C=O) groups is 1. The number of hydrogen-bond acceptors (Lipinski definition) is 3. The molecular weight excluding hydrogens is 226 g/mol. The highest BCUT2D eigenvalue weighted by Crippen LogP contribution is 2.39. The standard InChI is InChI=1S/C12H10ClNO2/c1-14-5-4-7-8(14)2-3-9-11(7)12(13)10(6-15)16-9/h2-3,6H,4-5H2,1H3. The lowest BCUT2D eigenvalue weighted by molar-refractivity contribution is 0.110. The molecule has 0 saturated heterocycles. The summed E-state index contributed by atoms with van der Waals surface area (Å²) in [6.45, 7) is 0.979. The van der Waals surface area contributed by atoms with Crippen LogP contribution in [0.25, 0.3) is 11.0 Å². The van der Waals surface area contributed by atoms with E-state index in [0.717, 1.165) is 18.4 Å². The fourth-order valence-corrected chi connectivity index (χ4v) is 2.60. The minimum atomic E-state index is 0.222. The van der Waals surface area contributed by atoms with E-state index in [1.165, 1.54) is 11.3 Å². The molecular formula is C12H10ClNO2. The van der Waals surface area contributed by atoms with Gasteiger partial charge in [0, 0.05) is 24.7 Å². The average Bonchev–Trinajstić information content (AvgIpc) is 2.81. The summed E-state index contributed by atoms with van der Waals surface area (Å²) in [4.78, 5) is 13.0. The van der Waals surface area contributed by atoms with Crippen molar-refractivity contribution in [1.29, 1.82) is 0 Å². The fraction of sp³-hybridized carbons (Fsp3) is 0.250. The molecule has 1 aromatic heterocycles. The van der Waals surface area contributed by atoms with E-state index < -0.39 is 0 Å². The zero-order chi connectivity index (χ0) is 11.3. The van der Waals surface area contributed by atoms with E-state index in [9.17, 15) is 4.79 Å². The molecule has 0 spiro atoms. The Bertz CT molecular complexity index is 588. The molecule has 1 aliphatic heterocycles. The van der Waals surface area contributed by atoms with Gasteiger partial charge in [-0.05, 0) is 24.1 Å². The molecule has 1 aliphatic rings. The molecule has 0 unspecified atom stereocenters. The number of benzene rings is 1. The van der Waals surface area contributed by atoms with E-state index in [4.69, 9.17) is 16.0 Å². The van der Waals surface area contributed by atoms with Gasteiger partial charge in [0.05, 0.1) is 5.02 Å². The van der Waals surface area contributed by atoms with Gasteiger partial charge in [-0.25, -0.2) is 0 Å². The highest BCUT2D eigenvalue weighted by molar-refractivity contribution is 6.38. The van der Waals surface area contributed by atoms with Gasteiger partial charge >= 0.3 is 0 Å². The van der Waals surface area contributed by atoms with Crippen molar-refractivity contribution < 1.29 is 9.21 Å². The smallest absolute Gasteiger partial charge is 0.186 e. The van der Waals surface area contributed by atoms with E-state index in [2.05, 4.69) is 4.90 Å². The summed E-state index contributed by atoms with van der Waals surface area (Å²) >= 11 is 6.15. The Kier molecular flexibility index (Phi) is 1.98. The Labute approximate surface area is 97.6 Å². The topological polar surface area (TPSA) is 33.5 Å². The Balaban J connectivity index is 2.40. The Morgan fingerprint density at radius 1 is 1.50 bits per heavy atom. The van der Waals surface area contributed by atoms with Crippen LogP contribution in [0.15, 0.2) is 16.5 Å². The third kappa shape index (κ3) is 1.12. The zero-order valence-corrected chi connectivity index (χ0v) is 9.54. The van der Waals surface area contributed by atoms with Crippen molar-refractivity contribution in [1.82, 2.24) is 0 Å². The molecule has 2 heterocycles. The molecule has 0 N–H and O–H groups in total. The van der Waals surface area contributed by atoms with Crippen molar-refractivity contribution in [3.8, 4) is 0 Å². The average molecular weight is 236 g/mol. The van der Waals surface area contributed by atoms with Crippen molar-refractivity contribution >= 4 is 34.5 Å². The van der Waals surface area contributed by atoms with Gasteiger partial charge in [-0.1, -0.05) is 11.6 Å². The first-order valence-corrected chi connectivity index (χ1v) is 5.50. The summed E-state index contributed by atoms with van der Waals surface area (Å²) in [5, 5.41) is 1.34. The number of fused-ring (bicyclic) bond motifs is 3. The molecule has 4 heteroatoms. The van der Waals surface area contributed by atoms with Crippen molar-refractivity contribution in [2.45, 2.75) is 6.42 Å². The lowest BCUT2D eigenvalue weighted by atomic mass is 10.1. The van der Waals surface area contributed by atoms with Crippen LogP contribution < -0.4 is 4.90 Å². The molecule has 3 rings (SSSR count). The van der Waals surface area contributed by atoms with Gasteiger partial charge in [0.1, 0.15) is 5.58 Å². The van der Waals surface area contributed by atoms with Crippen molar-refractivity contribution in [2.75, 3.05) is 18.5 Å². The Hall–Kier alpha value is -1.48. The van der Waals surface area contributed by atoms with Gasteiger partial charge in [-0.2, -0.15) is 0 Å². The molecule has 16 heavy (non-hydrogen) atoms. The van der Waals surface area contributed by atoms with Gasteiger partial charge in [-0.3, -0.25) is 4.79 Å². The predicted molar refractivity (Wildman–Crippen MR) is 63.6 cm³/mol. The molecule has 0 aliphatic carbocycles. The third-order valence-corrected chi connectivity index (χ3v) is 3.50. The lowest BCUT2D eigenvalue weighted by Gasteiger charge is -2.11. The maximum absolute atomic E-state index is 10.8. The number of hydrogen-bond donors (Lipinski definition) is 0. The van der Waals surface area contributed by atoms with Crippen molar-refractivity contribution in [2.24, 2.45) is 0 Å². The molecule has 0 atom stereocenters. The molecule has 3 nitrogen and oxygen atoms in total. The van der Waals surface area contributed by atoms with Gasteiger partial charge in [0.25, 0.3) is 0 Å². The van der Waals surface area contributed by atoms with Crippen LogP contribution in [0.4, 0.5) is 5.69 Å². The predicted octanol–water partition coefficient (Wildman–Crippen LogP) is 2.89. The molecule has 0 bridgehead atoms. The number of furan rings is 1. The summed E-state index contributed by atoms with van der Waals surface area (Å²) in [6.07, 6.45) is 1.61. The first-order valence-electron chi connectivity index (χ1n) is 5.12. The quantitative estimate of drug-likeness (QED) is 0.713. The SMILES string of the molecule is CN1CCc2c1ccc1oc(C=O)c(Cl)c21. The Morgan fingerprint density at radius 3 is 3.06 bits per heavy atom. The second kappa shape index (κ2) is 3.25. The number of nitrogens with zero attached hydrogens (tertiary/aromatic N) is 1. The van der Waals surface area contributed by atoms with Crippen LogP contribution in [-0.2, 0) is 6.42 Å². The number of carbonyl (C=O) groups excluding carboxylic acids is 1. The first-order chi connectivity index (χ1) is 7.72. The molecule has 0 amide bonds. The molecule has 0 radical (unpaired) electrons. The first kappa shape index (κ1) is 9.73. The van der Waals surface area contributed by atoms with E-state index in [1.54, 1.807) is 0 Å². The third-order valence-electron chi connectivity index (χ3n) is 3.12. The highest BCUT2D eigenvalue weighted by Gasteiger charge is 2.23. The number of aldehydes is 1. The van der Waals surface area contributed by atoms with Crippen molar-refractivity contribution in [3.63, 3.8) is 0 Å². The number of halogens is 1. The molecule has 2 aromatic rings. The second-order valence-corrected chi connectivity index (χ2v) is 4.38. The van der Waals surface area contributed by atoms with E-state index in [-0.39, 0.29) is 5.76 Å². The normalized spacial score (nSPS) is 14.5. The van der Waals surface area contributed by atoms with Crippen LogP contribution in [0.2, 0.25) is 5.02 Å². The van der Waals surface area contributed by atoms with Crippen LogP contribution >= 0.6 is 11.6 Å². The molecule has 1 aromatic carbocycles. The maximum Gasteiger partial charge on any atom is 0.186 e. The largest absolute Gasteiger partial charge is 0.452 e. The highest BCUT2D eigenvalue weighted by atomic mass is 35.5. The monoisotopic (exact) mass is 235 g/mol. The Morgan fingerprint density at radius 2 is 2.31 bits per heavy atom. The van der Waals surface area contributed by atoms with Crippen LogP contribution in [-0.4, -0.2) is 19.9 Å². The minimum absolute atomic E-state index is 0.222. The van der Waals surface area contributed by atoms with Crippen LogP contribution in [0.3, 0.4) is 0 Å².